The van der Waals surface area contributed by atoms with Crippen molar-refractivity contribution in [1.82, 2.24) is 9.97 Å². The van der Waals surface area contributed by atoms with Gasteiger partial charge in [-0.2, -0.15) is 0 Å². The van der Waals surface area contributed by atoms with E-state index >= 15 is 0 Å². The number of benzene rings is 1. The molecule has 3 heterocycles. The molecular weight excluding hydrogens is 408 g/mol. The van der Waals surface area contributed by atoms with Gasteiger partial charge >= 0.3 is 0 Å². The zero-order chi connectivity index (χ0) is 22.8. The molecule has 0 amide bonds. The molecule has 0 bridgehead atoms. The van der Waals surface area contributed by atoms with Crippen LogP contribution in [-0.4, -0.2) is 41.1 Å². The van der Waals surface area contributed by atoms with Gasteiger partial charge in [-0.25, -0.2) is 9.97 Å². The molecule has 3 aliphatic rings. The molecule has 33 heavy (non-hydrogen) atoms. The van der Waals surface area contributed by atoms with Gasteiger partial charge in [0.25, 0.3) is 0 Å². The third kappa shape index (κ3) is 5.76. The Hall–Kier alpha value is -2.82. The number of ketones is 1. The summed E-state index contributed by atoms with van der Waals surface area (Å²) in [5, 5.41) is 0. The van der Waals surface area contributed by atoms with Gasteiger partial charge in [0.1, 0.15) is 17.4 Å². The van der Waals surface area contributed by atoms with Crippen LogP contribution in [0.1, 0.15) is 62.2 Å². The van der Waals surface area contributed by atoms with Crippen LogP contribution in [0.15, 0.2) is 47.0 Å². The Balaban J connectivity index is 1.33. The summed E-state index contributed by atoms with van der Waals surface area (Å²) in [4.78, 5) is 29.0. The first-order valence-electron chi connectivity index (χ1n) is 12.4. The van der Waals surface area contributed by atoms with Crippen LogP contribution < -0.4 is 4.90 Å². The van der Waals surface area contributed by atoms with Crippen LogP contribution in [0.25, 0.3) is 0 Å². The first kappa shape index (κ1) is 22.0. The van der Waals surface area contributed by atoms with E-state index < -0.39 is 0 Å². The Morgan fingerprint density at radius 2 is 1.73 bits per heavy atom. The van der Waals surface area contributed by atoms with Crippen LogP contribution in [-0.2, 0) is 24.1 Å². The van der Waals surface area contributed by atoms with Crippen molar-refractivity contribution in [2.45, 2.75) is 58.8 Å². The predicted molar refractivity (Wildman–Crippen MR) is 133 cm³/mol. The highest BCUT2D eigenvalue weighted by atomic mass is 16.1. The SMILES string of the molecule is CC1=NCC(Cc2cc(N3CCC(C)CC3)nc(Cc3ccc(CC(=O)C4CC4)cc3)n2)=C1. The lowest BCUT2D eigenvalue weighted by Crippen LogP contribution is -2.33. The number of allylic oxidation sites excluding steroid dienone is 1. The van der Waals surface area contributed by atoms with E-state index in [1.54, 1.807) is 0 Å². The van der Waals surface area contributed by atoms with Crippen LogP contribution in [0, 0.1) is 11.8 Å². The van der Waals surface area contributed by atoms with Crippen molar-refractivity contribution < 1.29 is 4.79 Å². The van der Waals surface area contributed by atoms with E-state index in [0.717, 1.165) is 73.4 Å². The number of anilines is 1. The predicted octanol–water partition coefficient (Wildman–Crippen LogP) is 4.77. The molecule has 0 spiro atoms. The molecule has 1 aromatic carbocycles. The number of rotatable bonds is 8. The Kier molecular flexibility index (Phi) is 6.39. The molecular formula is C28H34N4O. The fraction of sp³-hybridized carbons (Fsp3) is 0.500. The Morgan fingerprint density at radius 1 is 1.00 bits per heavy atom. The fourth-order valence-corrected chi connectivity index (χ4v) is 4.77. The molecule has 0 unspecified atom stereocenters. The van der Waals surface area contributed by atoms with Crippen LogP contribution in [0.3, 0.4) is 0 Å². The summed E-state index contributed by atoms with van der Waals surface area (Å²) in [6.45, 7) is 7.30. The smallest absolute Gasteiger partial charge is 0.140 e. The second-order valence-corrected chi connectivity index (χ2v) is 10.2. The van der Waals surface area contributed by atoms with Crippen molar-refractivity contribution in [2.24, 2.45) is 16.8 Å². The number of aliphatic imine (C=N–C) groups is 1. The van der Waals surface area contributed by atoms with Crippen molar-refractivity contribution in [3.8, 4) is 0 Å². The first-order chi connectivity index (χ1) is 16.0. The number of nitrogens with zero attached hydrogens (tertiary/aromatic N) is 4. The maximum absolute atomic E-state index is 12.1. The van der Waals surface area contributed by atoms with Gasteiger partial charge in [0.15, 0.2) is 0 Å². The maximum atomic E-state index is 12.1. The molecule has 0 atom stereocenters. The van der Waals surface area contributed by atoms with Crippen molar-refractivity contribution in [3.63, 3.8) is 0 Å². The van der Waals surface area contributed by atoms with Gasteiger partial charge in [-0.05, 0) is 61.3 Å². The van der Waals surface area contributed by atoms with Crippen LogP contribution in [0.5, 0.6) is 0 Å². The average molecular weight is 443 g/mol. The number of Topliss-reactive ketones (excluding diaryl/α,β-unsaturated/α-hetero) is 1. The summed E-state index contributed by atoms with van der Waals surface area (Å²) in [6, 6.07) is 10.6. The molecule has 5 rings (SSSR count). The average Bonchev–Trinajstić information content (AvgIpc) is 3.58. The zero-order valence-electron chi connectivity index (χ0n) is 19.9. The molecule has 2 aromatic rings. The topological polar surface area (TPSA) is 58.5 Å². The normalized spacial score (nSPS) is 18.9. The second kappa shape index (κ2) is 9.58. The molecule has 0 radical (unpaired) electrons. The molecule has 172 valence electrons. The Labute approximate surface area is 197 Å². The number of carbonyl (C=O) groups excluding carboxylic acids is 1. The summed E-state index contributed by atoms with van der Waals surface area (Å²) in [5.74, 6) is 3.43. The van der Waals surface area contributed by atoms with E-state index in [0.29, 0.717) is 24.5 Å². The molecule has 1 saturated heterocycles. The van der Waals surface area contributed by atoms with Crippen molar-refractivity contribution in [2.75, 3.05) is 24.5 Å². The quantitative estimate of drug-likeness (QED) is 0.591. The molecule has 2 fully saturated rings. The minimum Gasteiger partial charge on any atom is -0.356 e. The highest BCUT2D eigenvalue weighted by Gasteiger charge is 2.29. The standard InChI is InChI=1S/C28H34N4O/c1-19-9-11-32(12-10-19)28-17-25(14-23-13-20(2)29-18-23)30-27(31-28)16-22-5-3-21(4-6-22)15-26(33)24-7-8-24/h3-6,13,17,19,24H,7-12,14-16,18H2,1-2H3. The molecule has 5 nitrogen and oxygen atoms in total. The van der Waals surface area contributed by atoms with Gasteiger partial charge in [0.05, 0.1) is 12.2 Å². The highest BCUT2D eigenvalue weighted by molar-refractivity contribution is 5.95. The third-order valence-electron chi connectivity index (χ3n) is 7.07. The fourth-order valence-electron chi connectivity index (χ4n) is 4.77. The lowest BCUT2D eigenvalue weighted by Gasteiger charge is -2.31. The van der Waals surface area contributed by atoms with Gasteiger partial charge < -0.3 is 4.90 Å². The number of hydrogen-bond donors (Lipinski definition) is 0. The van der Waals surface area contributed by atoms with Crippen LogP contribution in [0.2, 0.25) is 0 Å². The molecule has 2 aliphatic heterocycles. The largest absolute Gasteiger partial charge is 0.356 e. The summed E-state index contributed by atoms with van der Waals surface area (Å²) in [7, 11) is 0. The maximum Gasteiger partial charge on any atom is 0.140 e. The Bertz CT molecular complexity index is 1070. The molecule has 1 aliphatic carbocycles. The van der Waals surface area contributed by atoms with E-state index in [2.05, 4.69) is 60.1 Å². The summed E-state index contributed by atoms with van der Waals surface area (Å²) in [5.41, 5.74) is 5.80. The minimum atomic E-state index is 0.321. The van der Waals surface area contributed by atoms with Crippen LogP contribution >= 0.6 is 0 Å². The second-order valence-electron chi connectivity index (χ2n) is 10.2. The van der Waals surface area contributed by atoms with E-state index in [9.17, 15) is 4.79 Å². The van der Waals surface area contributed by atoms with E-state index in [1.807, 2.05) is 0 Å². The zero-order valence-corrected chi connectivity index (χ0v) is 19.9. The van der Waals surface area contributed by atoms with Crippen molar-refractivity contribution >= 4 is 17.3 Å². The van der Waals surface area contributed by atoms with Gasteiger partial charge in [-0.1, -0.05) is 31.2 Å². The van der Waals surface area contributed by atoms with Gasteiger partial charge in [0, 0.05) is 50.0 Å². The van der Waals surface area contributed by atoms with Gasteiger partial charge in [-0.3, -0.25) is 9.79 Å². The molecule has 1 saturated carbocycles. The summed E-state index contributed by atoms with van der Waals surface area (Å²) < 4.78 is 0. The minimum absolute atomic E-state index is 0.321. The van der Waals surface area contributed by atoms with Crippen molar-refractivity contribution in [3.05, 3.63) is 64.6 Å². The summed E-state index contributed by atoms with van der Waals surface area (Å²) in [6.07, 6.45) is 8.86. The highest BCUT2D eigenvalue weighted by Crippen LogP contribution is 2.31. The molecule has 0 N–H and O–H groups in total. The van der Waals surface area contributed by atoms with Crippen LogP contribution in [0.4, 0.5) is 5.82 Å². The van der Waals surface area contributed by atoms with E-state index in [1.165, 1.54) is 24.0 Å². The third-order valence-corrected chi connectivity index (χ3v) is 7.07. The Morgan fingerprint density at radius 3 is 2.39 bits per heavy atom. The molecule has 1 aromatic heterocycles. The number of aromatic nitrogens is 2. The van der Waals surface area contributed by atoms with E-state index in [4.69, 9.17) is 9.97 Å². The number of carbonyl (C=O) groups is 1. The first-order valence-corrected chi connectivity index (χ1v) is 12.4. The summed E-state index contributed by atoms with van der Waals surface area (Å²) >= 11 is 0. The number of hydrogen-bond acceptors (Lipinski definition) is 5. The van der Waals surface area contributed by atoms with Gasteiger partial charge in [0.2, 0.25) is 0 Å². The number of piperidine rings is 1. The lowest BCUT2D eigenvalue weighted by atomic mass is 9.99. The van der Waals surface area contributed by atoms with Gasteiger partial charge in [-0.15, -0.1) is 0 Å². The monoisotopic (exact) mass is 442 g/mol. The lowest BCUT2D eigenvalue weighted by molar-refractivity contribution is -0.119. The van der Waals surface area contributed by atoms with Crippen molar-refractivity contribution in [1.29, 1.82) is 0 Å². The molecule has 5 heteroatoms. The van der Waals surface area contributed by atoms with E-state index in [-0.39, 0.29) is 0 Å².